The Labute approximate surface area is 124 Å². The summed E-state index contributed by atoms with van der Waals surface area (Å²) in [5, 5.41) is 8.11. The summed E-state index contributed by atoms with van der Waals surface area (Å²) in [7, 11) is -3.65. The van der Waals surface area contributed by atoms with E-state index in [1.807, 2.05) is 13.0 Å². The van der Waals surface area contributed by atoms with E-state index in [2.05, 4.69) is 31.9 Å². The van der Waals surface area contributed by atoms with Gasteiger partial charge < -0.3 is 0 Å². The molecule has 0 aliphatic heterocycles. The van der Waals surface area contributed by atoms with Gasteiger partial charge in [0, 0.05) is 8.95 Å². The molecule has 1 aromatic rings. The first-order valence-corrected chi connectivity index (χ1v) is 8.56. The SMILES string of the molecule is CCC(C)C(C#N)S(=O)(=O)c1cc(Br)ccc1Br. The van der Waals surface area contributed by atoms with Crippen LogP contribution in [0.15, 0.2) is 32.0 Å². The number of nitrogens with zero attached hydrogens (tertiary/aromatic N) is 1. The molecular formula is C12H13Br2NO2S. The lowest BCUT2D eigenvalue weighted by Crippen LogP contribution is -2.27. The van der Waals surface area contributed by atoms with Crippen LogP contribution in [0.3, 0.4) is 0 Å². The second-order valence-electron chi connectivity index (χ2n) is 4.05. The Morgan fingerprint density at radius 3 is 2.50 bits per heavy atom. The molecule has 0 heterocycles. The van der Waals surface area contributed by atoms with Crippen LogP contribution in [-0.2, 0) is 9.84 Å². The molecule has 3 nitrogen and oxygen atoms in total. The number of benzene rings is 1. The molecule has 0 N–H and O–H groups in total. The summed E-state index contributed by atoms with van der Waals surface area (Å²) in [6.07, 6.45) is 0.642. The van der Waals surface area contributed by atoms with E-state index in [4.69, 9.17) is 5.26 Å². The van der Waals surface area contributed by atoms with Gasteiger partial charge in [-0.25, -0.2) is 8.42 Å². The van der Waals surface area contributed by atoms with Gasteiger partial charge in [0.25, 0.3) is 0 Å². The molecule has 1 rings (SSSR count). The van der Waals surface area contributed by atoms with E-state index in [1.54, 1.807) is 19.1 Å². The van der Waals surface area contributed by atoms with Crippen molar-refractivity contribution in [3.05, 3.63) is 27.1 Å². The minimum absolute atomic E-state index is 0.156. The predicted octanol–water partition coefficient (Wildman–Crippen LogP) is 3.92. The number of sulfone groups is 1. The van der Waals surface area contributed by atoms with E-state index in [-0.39, 0.29) is 10.8 Å². The second-order valence-corrected chi connectivity index (χ2v) is 7.86. The van der Waals surface area contributed by atoms with Crippen molar-refractivity contribution in [1.82, 2.24) is 0 Å². The molecule has 1 aromatic carbocycles. The summed E-state index contributed by atoms with van der Waals surface area (Å²) < 4.78 is 26.1. The maximum Gasteiger partial charge on any atom is 0.195 e. The van der Waals surface area contributed by atoms with Crippen LogP contribution in [-0.4, -0.2) is 13.7 Å². The van der Waals surface area contributed by atoms with Gasteiger partial charge in [0.05, 0.1) is 11.0 Å². The molecule has 18 heavy (non-hydrogen) atoms. The first-order chi connectivity index (χ1) is 8.34. The van der Waals surface area contributed by atoms with Gasteiger partial charge in [-0.3, -0.25) is 0 Å². The molecule has 0 aliphatic carbocycles. The highest BCUT2D eigenvalue weighted by Gasteiger charge is 2.33. The highest BCUT2D eigenvalue weighted by Crippen LogP contribution is 2.31. The molecule has 0 saturated heterocycles. The summed E-state index contributed by atoms with van der Waals surface area (Å²) in [6.45, 7) is 3.65. The lowest BCUT2D eigenvalue weighted by molar-refractivity contribution is 0.533. The van der Waals surface area contributed by atoms with E-state index in [9.17, 15) is 8.42 Å². The van der Waals surface area contributed by atoms with Crippen LogP contribution >= 0.6 is 31.9 Å². The standard InChI is InChI=1S/C12H13Br2NO2S/c1-3-8(2)12(7-15)18(16,17)11-6-9(13)4-5-10(11)14/h4-6,8,12H,3H2,1-2H3. The zero-order chi connectivity index (χ0) is 13.9. The molecule has 0 amide bonds. The number of hydrogen-bond acceptors (Lipinski definition) is 3. The molecule has 0 fully saturated rings. The molecule has 0 saturated carbocycles. The maximum atomic E-state index is 12.5. The third-order valence-corrected chi connectivity index (χ3v) is 6.46. The van der Waals surface area contributed by atoms with Crippen molar-refractivity contribution in [3.63, 3.8) is 0 Å². The molecule has 0 aliphatic rings. The third kappa shape index (κ3) is 3.14. The number of nitriles is 1. The van der Waals surface area contributed by atoms with Crippen molar-refractivity contribution in [1.29, 1.82) is 5.26 Å². The third-order valence-electron chi connectivity index (χ3n) is 2.82. The Hall–Kier alpha value is -0.380. The summed E-state index contributed by atoms with van der Waals surface area (Å²) in [6, 6.07) is 6.83. The van der Waals surface area contributed by atoms with E-state index < -0.39 is 15.1 Å². The average molecular weight is 395 g/mol. The van der Waals surface area contributed by atoms with Crippen LogP contribution in [0.25, 0.3) is 0 Å². The van der Waals surface area contributed by atoms with Crippen LogP contribution in [0.5, 0.6) is 0 Å². The molecule has 0 radical (unpaired) electrons. The molecule has 0 aromatic heterocycles. The molecule has 2 unspecified atom stereocenters. The zero-order valence-corrected chi connectivity index (χ0v) is 14.0. The van der Waals surface area contributed by atoms with Gasteiger partial charge in [-0.05, 0) is 40.0 Å². The maximum absolute atomic E-state index is 12.5. The van der Waals surface area contributed by atoms with Gasteiger partial charge >= 0.3 is 0 Å². The van der Waals surface area contributed by atoms with Crippen molar-refractivity contribution < 1.29 is 8.42 Å². The van der Waals surface area contributed by atoms with Crippen LogP contribution < -0.4 is 0 Å². The quantitative estimate of drug-likeness (QED) is 0.777. The Bertz CT molecular complexity index is 578. The first-order valence-electron chi connectivity index (χ1n) is 5.43. The fourth-order valence-corrected chi connectivity index (χ4v) is 4.83. The fraction of sp³-hybridized carbons (Fsp3) is 0.417. The number of hydrogen-bond donors (Lipinski definition) is 0. The van der Waals surface area contributed by atoms with E-state index >= 15 is 0 Å². The summed E-state index contributed by atoms with van der Waals surface area (Å²) in [5.41, 5.74) is 0. The Balaban J connectivity index is 3.37. The van der Waals surface area contributed by atoms with Gasteiger partial charge in [0.15, 0.2) is 15.1 Å². The van der Waals surface area contributed by atoms with Gasteiger partial charge in [0.2, 0.25) is 0 Å². The van der Waals surface area contributed by atoms with Crippen molar-refractivity contribution >= 4 is 41.7 Å². The van der Waals surface area contributed by atoms with Crippen LogP contribution in [0, 0.1) is 17.2 Å². The molecule has 6 heteroatoms. The summed E-state index contributed by atoms with van der Waals surface area (Å²) in [4.78, 5) is 0.156. The predicted molar refractivity (Wildman–Crippen MR) is 77.9 cm³/mol. The molecule has 98 valence electrons. The van der Waals surface area contributed by atoms with Crippen molar-refractivity contribution in [2.75, 3.05) is 0 Å². The minimum Gasteiger partial charge on any atom is -0.222 e. The van der Waals surface area contributed by atoms with E-state index in [0.717, 1.165) is 0 Å². The number of rotatable bonds is 4. The number of halogens is 2. The lowest BCUT2D eigenvalue weighted by atomic mass is 10.1. The van der Waals surface area contributed by atoms with Gasteiger partial charge in [-0.1, -0.05) is 36.2 Å². The van der Waals surface area contributed by atoms with Crippen molar-refractivity contribution in [3.8, 4) is 6.07 Å². The van der Waals surface area contributed by atoms with Crippen molar-refractivity contribution in [2.45, 2.75) is 30.4 Å². The molecule has 0 bridgehead atoms. The Morgan fingerprint density at radius 1 is 1.39 bits per heavy atom. The first kappa shape index (κ1) is 15.7. The normalized spacial score (nSPS) is 14.8. The smallest absolute Gasteiger partial charge is 0.195 e. The van der Waals surface area contributed by atoms with Crippen LogP contribution in [0.1, 0.15) is 20.3 Å². The average Bonchev–Trinajstić information content (AvgIpc) is 2.32. The van der Waals surface area contributed by atoms with E-state index in [1.165, 1.54) is 6.07 Å². The van der Waals surface area contributed by atoms with Gasteiger partial charge in [-0.15, -0.1) is 0 Å². The Kier molecular flexibility index (Phi) is 5.38. The zero-order valence-electron chi connectivity index (χ0n) is 10.0. The van der Waals surface area contributed by atoms with Crippen LogP contribution in [0.2, 0.25) is 0 Å². The molecule has 2 atom stereocenters. The topological polar surface area (TPSA) is 57.9 Å². The van der Waals surface area contributed by atoms with Crippen LogP contribution in [0.4, 0.5) is 0 Å². The largest absolute Gasteiger partial charge is 0.222 e. The monoisotopic (exact) mass is 393 g/mol. The minimum atomic E-state index is -3.65. The highest BCUT2D eigenvalue weighted by molar-refractivity contribution is 9.11. The second kappa shape index (κ2) is 6.18. The lowest BCUT2D eigenvalue weighted by Gasteiger charge is -2.17. The van der Waals surface area contributed by atoms with Gasteiger partial charge in [0.1, 0.15) is 0 Å². The fourth-order valence-electron chi connectivity index (χ4n) is 1.55. The summed E-state index contributed by atoms with van der Waals surface area (Å²) >= 11 is 6.47. The van der Waals surface area contributed by atoms with E-state index in [0.29, 0.717) is 15.4 Å². The summed E-state index contributed by atoms with van der Waals surface area (Å²) in [5.74, 6) is -0.203. The highest BCUT2D eigenvalue weighted by atomic mass is 79.9. The van der Waals surface area contributed by atoms with Gasteiger partial charge in [-0.2, -0.15) is 5.26 Å². The van der Waals surface area contributed by atoms with Crippen molar-refractivity contribution in [2.24, 2.45) is 5.92 Å². The molecule has 0 spiro atoms. The Morgan fingerprint density at radius 2 is 2.00 bits per heavy atom. The molecular weight excluding hydrogens is 382 g/mol.